The molecule has 0 bridgehead atoms. The second-order valence-corrected chi connectivity index (χ2v) is 5.60. The molecule has 4 heteroatoms. The van der Waals surface area contributed by atoms with Crippen molar-refractivity contribution in [1.82, 2.24) is 4.90 Å². The number of hydrogen-bond acceptors (Lipinski definition) is 3. The molecule has 0 radical (unpaired) electrons. The Morgan fingerprint density at radius 1 is 1.38 bits per heavy atom. The predicted octanol–water partition coefficient (Wildman–Crippen LogP) is 2.23. The van der Waals surface area contributed by atoms with E-state index >= 15 is 0 Å². The number of rotatable bonds is 4. The van der Waals surface area contributed by atoms with Crippen molar-refractivity contribution < 1.29 is 9.53 Å². The van der Waals surface area contributed by atoms with Crippen molar-refractivity contribution in [3.8, 4) is 0 Å². The Morgan fingerprint density at radius 2 is 1.88 bits per heavy atom. The first-order chi connectivity index (χ1) is 7.18. The fraction of sp³-hybridized carbons (Fsp3) is 0.917. The number of hydrogen-bond donors (Lipinski definition) is 1. The minimum Gasteiger partial charge on any atom is -0.445 e. The van der Waals surface area contributed by atoms with Crippen LogP contribution in [0.25, 0.3) is 0 Å². The Morgan fingerprint density at radius 3 is 2.19 bits per heavy atom. The number of ether oxygens (including phenoxy) is 1. The summed E-state index contributed by atoms with van der Waals surface area (Å²) in [5.74, 6) is 0.473. The molecule has 0 spiro atoms. The van der Waals surface area contributed by atoms with Crippen LogP contribution in [0.5, 0.6) is 0 Å². The first kappa shape index (κ1) is 15.2. The predicted molar refractivity (Wildman–Crippen MR) is 66.3 cm³/mol. The smallest absolute Gasteiger partial charge is 0.410 e. The topological polar surface area (TPSA) is 55.6 Å². The monoisotopic (exact) mass is 230 g/mol. The average molecular weight is 230 g/mol. The van der Waals surface area contributed by atoms with Crippen LogP contribution < -0.4 is 5.73 Å². The van der Waals surface area contributed by atoms with Crippen molar-refractivity contribution in [2.45, 2.75) is 52.7 Å². The molecule has 0 rings (SSSR count). The maximum atomic E-state index is 11.8. The third-order valence-electron chi connectivity index (χ3n) is 2.54. The van der Waals surface area contributed by atoms with Crippen LogP contribution in [-0.4, -0.2) is 36.2 Å². The second kappa shape index (κ2) is 6.09. The highest BCUT2D eigenvalue weighted by Gasteiger charge is 2.25. The van der Waals surface area contributed by atoms with Gasteiger partial charge in [0.2, 0.25) is 0 Å². The van der Waals surface area contributed by atoms with Crippen LogP contribution in [0, 0.1) is 5.92 Å². The average Bonchev–Trinajstić information content (AvgIpc) is 2.13. The molecule has 96 valence electrons. The summed E-state index contributed by atoms with van der Waals surface area (Å²) in [7, 11) is 1.74. The molecule has 0 aromatic carbocycles. The van der Waals surface area contributed by atoms with Gasteiger partial charge in [-0.3, -0.25) is 0 Å². The van der Waals surface area contributed by atoms with Crippen LogP contribution in [0.4, 0.5) is 4.79 Å². The van der Waals surface area contributed by atoms with Gasteiger partial charge in [-0.25, -0.2) is 4.79 Å². The number of nitrogens with zero attached hydrogens (tertiary/aromatic N) is 1. The Balaban J connectivity index is 4.31. The molecule has 0 aromatic rings. The van der Waals surface area contributed by atoms with Crippen LogP contribution in [0.15, 0.2) is 0 Å². The van der Waals surface area contributed by atoms with E-state index in [2.05, 4.69) is 13.8 Å². The quantitative estimate of drug-likeness (QED) is 0.805. The zero-order valence-corrected chi connectivity index (χ0v) is 11.4. The first-order valence-corrected chi connectivity index (χ1v) is 5.83. The summed E-state index contributed by atoms with van der Waals surface area (Å²) in [5.41, 5.74) is 5.35. The standard InChI is InChI=1S/C12H26N2O2/c1-9(2)7-10(8-13)16-11(15)14(6)12(3,4)5/h9-10H,7-8,13H2,1-6H3/t10-/m0/s1. The van der Waals surface area contributed by atoms with E-state index in [1.807, 2.05) is 20.8 Å². The minimum absolute atomic E-state index is 0.183. The molecule has 0 saturated carbocycles. The minimum atomic E-state index is -0.302. The van der Waals surface area contributed by atoms with Crippen molar-refractivity contribution >= 4 is 6.09 Å². The van der Waals surface area contributed by atoms with E-state index in [1.54, 1.807) is 11.9 Å². The van der Waals surface area contributed by atoms with E-state index < -0.39 is 0 Å². The summed E-state index contributed by atoms with van der Waals surface area (Å²) in [6.45, 7) is 10.5. The molecule has 4 nitrogen and oxygen atoms in total. The van der Waals surface area contributed by atoms with Crippen LogP contribution in [0.2, 0.25) is 0 Å². The van der Waals surface area contributed by atoms with Crippen molar-refractivity contribution in [2.24, 2.45) is 11.7 Å². The van der Waals surface area contributed by atoms with Gasteiger partial charge < -0.3 is 15.4 Å². The number of carbonyl (C=O) groups is 1. The molecule has 1 amide bonds. The molecule has 0 unspecified atom stereocenters. The van der Waals surface area contributed by atoms with Gasteiger partial charge >= 0.3 is 6.09 Å². The molecule has 0 saturated heterocycles. The van der Waals surface area contributed by atoms with E-state index in [-0.39, 0.29) is 17.7 Å². The van der Waals surface area contributed by atoms with Crippen molar-refractivity contribution in [3.05, 3.63) is 0 Å². The zero-order chi connectivity index (χ0) is 12.9. The lowest BCUT2D eigenvalue weighted by molar-refractivity contribution is 0.0428. The second-order valence-electron chi connectivity index (χ2n) is 5.60. The van der Waals surface area contributed by atoms with Crippen LogP contribution in [0.1, 0.15) is 41.0 Å². The summed E-state index contributed by atoms with van der Waals surface area (Å²) in [6.07, 6.45) is 0.320. The van der Waals surface area contributed by atoms with Gasteiger partial charge in [-0.05, 0) is 33.1 Å². The summed E-state index contributed by atoms with van der Waals surface area (Å²) in [4.78, 5) is 13.4. The molecule has 0 aliphatic heterocycles. The maximum Gasteiger partial charge on any atom is 0.410 e. The summed E-state index contributed by atoms with van der Waals surface area (Å²) >= 11 is 0. The summed E-state index contributed by atoms with van der Waals surface area (Å²) < 4.78 is 5.36. The molecule has 0 aromatic heterocycles. The van der Waals surface area contributed by atoms with E-state index in [9.17, 15) is 4.79 Å². The fourth-order valence-corrected chi connectivity index (χ4v) is 1.21. The van der Waals surface area contributed by atoms with Crippen molar-refractivity contribution in [1.29, 1.82) is 0 Å². The van der Waals surface area contributed by atoms with Crippen molar-refractivity contribution in [3.63, 3.8) is 0 Å². The molecule has 0 aliphatic rings. The van der Waals surface area contributed by atoms with Gasteiger partial charge in [0.15, 0.2) is 0 Å². The Bertz CT molecular complexity index is 222. The van der Waals surface area contributed by atoms with Crippen LogP contribution in [-0.2, 0) is 4.74 Å². The molecule has 16 heavy (non-hydrogen) atoms. The third-order valence-corrected chi connectivity index (χ3v) is 2.54. The van der Waals surface area contributed by atoms with Gasteiger partial charge in [0.05, 0.1) is 0 Å². The van der Waals surface area contributed by atoms with Gasteiger partial charge in [0.1, 0.15) is 6.10 Å². The first-order valence-electron chi connectivity index (χ1n) is 5.83. The van der Waals surface area contributed by atoms with Gasteiger partial charge in [-0.15, -0.1) is 0 Å². The Kier molecular flexibility index (Phi) is 5.79. The van der Waals surface area contributed by atoms with Gasteiger partial charge in [0.25, 0.3) is 0 Å². The van der Waals surface area contributed by atoms with Crippen molar-refractivity contribution in [2.75, 3.05) is 13.6 Å². The molecular weight excluding hydrogens is 204 g/mol. The van der Waals surface area contributed by atoms with Gasteiger partial charge in [-0.1, -0.05) is 13.8 Å². The largest absolute Gasteiger partial charge is 0.445 e. The number of nitrogens with two attached hydrogens (primary N) is 1. The number of carbonyl (C=O) groups excluding carboxylic acids is 1. The molecule has 0 fully saturated rings. The van der Waals surface area contributed by atoms with E-state index in [1.165, 1.54) is 0 Å². The van der Waals surface area contributed by atoms with Gasteiger partial charge in [-0.2, -0.15) is 0 Å². The van der Waals surface area contributed by atoms with Crippen LogP contribution >= 0.6 is 0 Å². The zero-order valence-electron chi connectivity index (χ0n) is 11.4. The summed E-state index contributed by atoms with van der Waals surface area (Å²) in [6, 6.07) is 0. The van der Waals surface area contributed by atoms with E-state index in [4.69, 9.17) is 10.5 Å². The molecule has 0 aliphatic carbocycles. The highest BCUT2D eigenvalue weighted by atomic mass is 16.6. The van der Waals surface area contributed by atoms with Crippen LogP contribution in [0.3, 0.4) is 0 Å². The molecular formula is C12H26N2O2. The fourth-order valence-electron chi connectivity index (χ4n) is 1.21. The van der Waals surface area contributed by atoms with Gasteiger partial charge in [0, 0.05) is 19.1 Å². The lowest BCUT2D eigenvalue weighted by Crippen LogP contribution is -2.45. The maximum absolute atomic E-state index is 11.8. The SMILES string of the molecule is CC(C)C[C@@H](CN)OC(=O)N(C)C(C)(C)C. The Hall–Kier alpha value is -0.770. The number of amides is 1. The van der Waals surface area contributed by atoms with E-state index in [0.717, 1.165) is 6.42 Å². The lowest BCUT2D eigenvalue weighted by atomic mass is 10.1. The molecule has 1 atom stereocenters. The highest BCUT2D eigenvalue weighted by Crippen LogP contribution is 2.14. The summed E-state index contributed by atoms with van der Waals surface area (Å²) in [5, 5.41) is 0. The Labute approximate surface area is 99.1 Å². The highest BCUT2D eigenvalue weighted by molar-refractivity contribution is 5.68. The third kappa shape index (κ3) is 5.35. The molecule has 2 N–H and O–H groups in total. The van der Waals surface area contributed by atoms with E-state index in [0.29, 0.717) is 12.5 Å². The normalized spacial score (nSPS) is 13.8. The molecule has 0 heterocycles. The lowest BCUT2D eigenvalue weighted by Gasteiger charge is -2.32.